The zero-order valence-corrected chi connectivity index (χ0v) is 18.6. The molecule has 0 saturated heterocycles. The maximum atomic E-state index is 13.6. The number of carbonyl (C=O) groups excluding carboxylic acids is 2. The highest BCUT2D eigenvalue weighted by molar-refractivity contribution is 6.39. The molecule has 160 valence electrons. The third-order valence-corrected chi connectivity index (χ3v) is 6.03. The van der Waals surface area contributed by atoms with Crippen LogP contribution in [0.15, 0.2) is 36.7 Å². The summed E-state index contributed by atoms with van der Waals surface area (Å²) in [6, 6.07) is 5.58. The van der Waals surface area contributed by atoms with Crippen LogP contribution in [0.2, 0.25) is 10.0 Å². The smallest absolute Gasteiger partial charge is 0.261 e. The molecule has 9 heteroatoms. The summed E-state index contributed by atoms with van der Waals surface area (Å²) < 4.78 is 7.89. The van der Waals surface area contributed by atoms with Gasteiger partial charge < -0.3 is 19.9 Å². The number of benzene rings is 1. The lowest BCUT2D eigenvalue weighted by Gasteiger charge is -2.33. The van der Waals surface area contributed by atoms with Gasteiger partial charge in [-0.05, 0) is 24.3 Å². The molecule has 1 aliphatic carbocycles. The molecule has 4 rings (SSSR count). The molecule has 0 bridgehead atoms. The number of hydrogen-bond acceptors (Lipinski definition) is 4. The fourth-order valence-electron chi connectivity index (χ4n) is 4.03. The third-order valence-electron chi connectivity index (χ3n) is 5.46. The SMILES string of the molecule is COC1(C(=O)Nc2c(Cl)cncc2Cl)CC=Cc2c1c1cc(NC(C)=O)ccc1n2C. The first-order valence-corrected chi connectivity index (χ1v) is 10.3. The molecule has 1 aromatic carbocycles. The Morgan fingerprint density at radius 1 is 1.19 bits per heavy atom. The molecular formula is C22H20Cl2N4O3. The second-order valence-corrected chi connectivity index (χ2v) is 8.12. The molecule has 0 fully saturated rings. The monoisotopic (exact) mass is 458 g/mol. The van der Waals surface area contributed by atoms with Crippen molar-refractivity contribution in [2.45, 2.75) is 18.9 Å². The van der Waals surface area contributed by atoms with Crippen LogP contribution in [0.5, 0.6) is 0 Å². The zero-order chi connectivity index (χ0) is 22.3. The van der Waals surface area contributed by atoms with Crippen LogP contribution in [0.4, 0.5) is 11.4 Å². The second kappa shape index (κ2) is 8.00. The van der Waals surface area contributed by atoms with Gasteiger partial charge in [-0.2, -0.15) is 0 Å². The Hall–Kier alpha value is -2.87. The number of ether oxygens (including phenoxy) is 1. The van der Waals surface area contributed by atoms with E-state index in [1.54, 1.807) is 0 Å². The van der Waals surface area contributed by atoms with E-state index in [9.17, 15) is 9.59 Å². The molecule has 1 unspecified atom stereocenters. The van der Waals surface area contributed by atoms with Gasteiger partial charge in [-0.3, -0.25) is 14.6 Å². The van der Waals surface area contributed by atoms with Crippen molar-refractivity contribution >= 4 is 63.4 Å². The molecule has 0 spiro atoms. The number of nitrogens with zero attached hydrogens (tertiary/aromatic N) is 2. The fourth-order valence-corrected chi connectivity index (χ4v) is 4.49. The summed E-state index contributed by atoms with van der Waals surface area (Å²) in [5, 5.41) is 6.87. The molecule has 0 radical (unpaired) electrons. The van der Waals surface area contributed by atoms with Gasteiger partial charge in [-0.15, -0.1) is 0 Å². The van der Waals surface area contributed by atoms with Crippen LogP contribution in [0.25, 0.3) is 17.0 Å². The number of nitrogens with one attached hydrogen (secondary N) is 2. The Labute approximate surface area is 189 Å². The fraction of sp³-hybridized carbons (Fsp3) is 0.227. The highest BCUT2D eigenvalue weighted by Gasteiger charge is 2.45. The molecule has 1 aliphatic rings. The number of anilines is 2. The lowest BCUT2D eigenvalue weighted by molar-refractivity contribution is -0.138. The predicted octanol–water partition coefficient (Wildman–Crippen LogP) is 4.74. The minimum absolute atomic E-state index is 0.179. The maximum absolute atomic E-state index is 13.6. The summed E-state index contributed by atoms with van der Waals surface area (Å²) in [5.41, 5.74) is 2.03. The first kappa shape index (κ1) is 21.4. The zero-order valence-electron chi connectivity index (χ0n) is 17.1. The molecule has 2 heterocycles. The molecule has 31 heavy (non-hydrogen) atoms. The highest BCUT2D eigenvalue weighted by Crippen LogP contribution is 2.44. The van der Waals surface area contributed by atoms with Crippen LogP contribution in [-0.4, -0.2) is 28.5 Å². The van der Waals surface area contributed by atoms with Gasteiger partial charge in [0.25, 0.3) is 5.91 Å². The molecule has 0 aliphatic heterocycles. The first-order chi connectivity index (χ1) is 14.8. The van der Waals surface area contributed by atoms with Gasteiger partial charge in [0, 0.05) is 67.7 Å². The summed E-state index contributed by atoms with van der Waals surface area (Å²) in [6.07, 6.45) is 6.99. The summed E-state index contributed by atoms with van der Waals surface area (Å²) >= 11 is 12.4. The van der Waals surface area contributed by atoms with E-state index in [1.165, 1.54) is 26.4 Å². The van der Waals surface area contributed by atoms with Crippen molar-refractivity contribution in [2.24, 2.45) is 7.05 Å². The number of methoxy groups -OCH3 is 1. The van der Waals surface area contributed by atoms with E-state index >= 15 is 0 Å². The standard InChI is InChI=1S/C22H20Cl2N4O3/c1-12(29)26-13-6-7-17-14(9-13)19-18(28(17)2)5-4-8-22(19,31-3)21(30)27-20-15(23)10-25-11-16(20)24/h4-7,9-11H,8H2,1-3H3,(H,26,29)(H,25,27,30). The van der Waals surface area contributed by atoms with Crippen LogP contribution in [-0.2, 0) is 27.0 Å². The molecule has 2 amide bonds. The number of aromatic nitrogens is 2. The average Bonchev–Trinajstić information content (AvgIpc) is 3.02. The van der Waals surface area contributed by atoms with Crippen LogP contribution in [0, 0.1) is 0 Å². The van der Waals surface area contributed by atoms with Crippen LogP contribution >= 0.6 is 23.2 Å². The normalized spacial score (nSPS) is 17.5. The average molecular weight is 459 g/mol. The van der Waals surface area contributed by atoms with Gasteiger partial charge in [-0.25, -0.2) is 0 Å². The number of halogens is 2. The van der Waals surface area contributed by atoms with Gasteiger partial charge in [0.15, 0.2) is 5.60 Å². The van der Waals surface area contributed by atoms with Gasteiger partial charge in [0.1, 0.15) is 0 Å². The van der Waals surface area contributed by atoms with E-state index in [4.69, 9.17) is 27.9 Å². The van der Waals surface area contributed by atoms with Crippen molar-refractivity contribution in [2.75, 3.05) is 17.7 Å². The largest absolute Gasteiger partial charge is 0.363 e. The van der Waals surface area contributed by atoms with E-state index in [-0.39, 0.29) is 21.6 Å². The first-order valence-electron chi connectivity index (χ1n) is 9.51. The number of amides is 2. The number of rotatable bonds is 4. The molecule has 2 aromatic heterocycles. The van der Waals surface area contributed by atoms with Crippen molar-refractivity contribution in [3.05, 3.63) is 58.0 Å². The number of aryl methyl sites for hydroxylation is 1. The van der Waals surface area contributed by atoms with Crippen LogP contribution < -0.4 is 10.6 Å². The van der Waals surface area contributed by atoms with Crippen LogP contribution in [0.1, 0.15) is 24.6 Å². The van der Waals surface area contributed by atoms with E-state index in [0.29, 0.717) is 17.7 Å². The second-order valence-electron chi connectivity index (χ2n) is 7.30. The molecule has 3 aromatic rings. The molecule has 0 saturated carbocycles. The summed E-state index contributed by atoms with van der Waals surface area (Å²) in [4.78, 5) is 29.1. The van der Waals surface area contributed by atoms with E-state index in [1.807, 2.05) is 42.0 Å². The van der Waals surface area contributed by atoms with Crippen molar-refractivity contribution in [1.29, 1.82) is 0 Å². The third kappa shape index (κ3) is 3.48. The van der Waals surface area contributed by atoms with Gasteiger partial charge in [0.2, 0.25) is 5.91 Å². The number of hydrogen-bond donors (Lipinski definition) is 2. The summed E-state index contributed by atoms with van der Waals surface area (Å²) in [7, 11) is 3.42. The highest BCUT2D eigenvalue weighted by atomic mass is 35.5. The van der Waals surface area contributed by atoms with E-state index in [2.05, 4.69) is 15.6 Å². The molecule has 2 N–H and O–H groups in total. The Bertz CT molecular complexity index is 1230. The van der Waals surface area contributed by atoms with E-state index < -0.39 is 11.5 Å². The van der Waals surface area contributed by atoms with Crippen molar-refractivity contribution in [1.82, 2.24) is 9.55 Å². The Kier molecular flexibility index (Phi) is 5.51. The van der Waals surface area contributed by atoms with E-state index in [0.717, 1.165) is 16.6 Å². The quantitative estimate of drug-likeness (QED) is 0.591. The lowest BCUT2D eigenvalue weighted by atomic mass is 9.83. The summed E-state index contributed by atoms with van der Waals surface area (Å²) in [6.45, 7) is 1.45. The molecule has 1 atom stereocenters. The van der Waals surface area contributed by atoms with Gasteiger partial charge >= 0.3 is 0 Å². The number of pyridine rings is 1. The number of carbonyl (C=O) groups is 2. The maximum Gasteiger partial charge on any atom is 0.261 e. The number of fused-ring (bicyclic) bond motifs is 3. The Balaban J connectivity index is 1.89. The Morgan fingerprint density at radius 2 is 1.90 bits per heavy atom. The molecular weight excluding hydrogens is 439 g/mol. The minimum Gasteiger partial charge on any atom is -0.363 e. The topological polar surface area (TPSA) is 85.2 Å². The van der Waals surface area contributed by atoms with Crippen molar-refractivity contribution in [3.8, 4) is 0 Å². The van der Waals surface area contributed by atoms with Crippen LogP contribution in [0.3, 0.4) is 0 Å². The summed E-state index contributed by atoms with van der Waals surface area (Å²) in [5.74, 6) is -0.588. The van der Waals surface area contributed by atoms with Gasteiger partial charge in [0.05, 0.1) is 15.7 Å². The minimum atomic E-state index is -1.33. The molecule has 7 nitrogen and oxygen atoms in total. The predicted molar refractivity (Wildman–Crippen MR) is 122 cm³/mol. The van der Waals surface area contributed by atoms with Crippen molar-refractivity contribution in [3.63, 3.8) is 0 Å². The van der Waals surface area contributed by atoms with Crippen molar-refractivity contribution < 1.29 is 14.3 Å². The lowest BCUT2D eigenvalue weighted by Crippen LogP contribution is -2.43. The Morgan fingerprint density at radius 3 is 2.55 bits per heavy atom. The van der Waals surface area contributed by atoms with Gasteiger partial charge in [-0.1, -0.05) is 29.3 Å².